The van der Waals surface area contributed by atoms with Crippen LogP contribution in [0.2, 0.25) is 0 Å². The average molecular weight is 485 g/mol. The molecule has 0 spiro atoms. The van der Waals surface area contributed by atoms with Gasteiger partial charge in [0.05, 0.1) is 18.7 Å². The number of halogens is 1. The summed E-state index contributed by atoms with van der Waals surface area (Å²) in [5.41, 5.74) is 1.61. The van der Waals surface area contributed by atoms with Crippen molar-refractivity contribution in [3.8, 4) is 11.5 Å². The zero-order chi connectivity index (χ0) is 25.1. The Morgan fingerprint density at radius 2 is 1.80 bits per heavy atom. The minimum absolute atomic E-state index is 0.0248. The number of nitrogens with zero attached hydrogens (tertiary/aromatic N) is 2. The van der Waals surface area contributed by atoms with E-state index in [1.807, 2.05) is 31.2 Å². The van der Waals surface area contributed by atoms with Crippen LogP contribution in [0.3, 0.4) is 0 Å². The molecule has 0 radical (unpaired) electrons. The normalized spacial score (nSPS) is 26.6. The number of ether oxygens (including phenoxy) is 2. The Morgan fingerprint density at radius 3 is 2.49 bits per heavy atom. The average Bonchev–Trinajstić information content (AvgIpc) is 3.18. The molecule has 2 aromatic carbocycles. The lowest BCUT2D eigenvalue weighted by atomic mass is 9.88. The van der Waals surface area contributed by atoms with Gasteiger partial charge in [-0.05, 0) is 62.6 Å². The number of benzene rings is 2. The fraction of sp³-hybridized carbons (Fsp3) is 0.536. The van der Waals surface area contributed by atoms with Crippen molar-refractivity contribution in [1.82, 2.24) is 0 Å². The molecule has 2 aliphatic heterocycles. The molecule has 2 aromatic rings. The van der Waals surface area contributed by atoms with E-state index < -0.39 is 5.97 Å². The second-order valence-corrected chi connectivity index (χ2v) is 10.0. The summed E-state index contributed by atoms with van der Waals surface area (Å²) in [5.74, 6) is 1.16. The molecule has 2 fully saturated rings. The lowest BCUT2D eigenvalue weighted by Gasteiger charge is -2.44. The fourth-order valence-corrected chi connectivity index (χ4v) is 5.56. The van der Waals surface area contributed by atoms with E-state index in [1.165, 1.54) is 6.07 Å². The van der Waals surface area contributed by atoms with Crippen LogP contribution < -0.4 is 19.3 Å². The van der Waals surface area contributed by atoms with Crippen LogP contribution >= 0.6 is 0 Å². The number of hydrogen-bond donors (Lipinski definition) is 1. The summed E-state index contributed by atoms with van der Waals surface area (Å²) in [4.78, 5) is 15.6. The van der Waals surface area contributed by atoms with Crippen molar-refractivity contribution in [2.75, 3.05) is 29.5 Å². The Morgan fingerprint density at radius 1 is 1.09 bits per heavy atom. The predicted octanol–water partition coefficient (Wildman–Crippen LogP) is 5.60. The highest BCUT2D eigenvalue weighted by Gasteiger charge is 2.35. The number of hydrogen-bond acceptors (Lipinski definition) is 5. The minimum atomic E-state index is -0.756. The summed E-state index contributed by atoms with van der Waals surface area (Å²) in [5, 5.41) is 9.26. The van der Waals surface area contributed by atoms with E-state index in [2.05, 4.69) is 30.6 Å². The summed E-state index contributed by atoms with van der Waals surface area (Å²) in [6, 6.07) is 13.1. The largest absolute Gasteiger partial charge is 0.494 e. The van der Waals surface area contributed by atoms with Crippen LogP contribution in [0.15, 0.2) is 42.5 Å². The van der Waals surface area contributed by atoms with Crippen molar-refractivity contribution in [3.05, 3.63) is 48.3 Å². The molecular weight excluding hydrogens is 447 g/mol. The van der Waals surface area contributed by atoms with E-state index in [0.29, 0.717) is 30.5 Å². The zero-order valence-electron chi connectivity index (χ0n) is 21.1. The fourth-order valence-electron chi connectivity index (χ4n) is 5.56. The van der Waals surface area contributed by atoms with Crippen LogP contribution in [0.1, 0.15) is 47.0 Å². The number of carboxylic acid groups (broad SMARTS) is 1. The number of rotatable bonds is 8. The first-order valence-electron chi connectivity index (χ1n) is 12.7. The lowest BCUT2D eigenvalue weighted by Crippen LogP contribution is -2.51. The number of piperidine rings is 1. The summed E-state index contributed by atoms with van der Waals surface area (Å²) >= 11 is 0. The van der Waals surface area contributed by atoms with Gasteiger partial charge >= 0.3 is 5.97 Å². The Kier molecular flexibility index (Phi) is 7.72. The molecule has 5 atom stereocenters. The predicted molar refractivity (Wildman–Crippen MR) is 136 cm³/mol. The smallest absolute Gasteiger partial charge is 0.305 e. The van der Waals surface area contributed by atoms with Gasteiger partial charge in [0.1, 0.15) is 23.4 Å². The monoisotopic (exact) mass is 484 g/mol. The Labute approximate surface area is 207 Å². The third-order valence-electron chi connectivity index (χ3n) is 7.52. The van der Waals surface area contributed by atoms with E-state index in [-0.39, 0.29) is 36.3 Å². The standard InChI is InChI=1S/C28H37FN2O4/c1-5-34-24-10-11-25(29)26(16-24)30-13-12-27(19(3)20(30)4)35-23-8-6-21(7-9-23)31-17-18(2)14-22(31)15-28(32)33/h6-11,16,18-20,22,27H,5,12-15,17H2,1-4H3,(H,32,33)/t18-,19?,20?,22-,27?/m1/s1. The molecule has 1 N–H and O–H groups in total. The maximum atomic E-state index is 14.7. The summed E-state index contributed by atoms with van der Waals surface area (Å²) < 4.78 is 26.6. The molecule has 0 amide bonds. The van der Waals surface area contributed by atoms with Gasteiger partial charge in [0.25, 0.3) is 0 Å². The van der Waals surface area contributed by atoms with Gasteiger partial charge in [-0.3, -0.25) is 4.79 Å². The third kappa shape index (κ3) is 5.65. The van der Waals surface area contributed by atoms with Crippen molar-refractivity contribution >= 4 is 17.3 Å². The molecule has 2 aliphatic rings. The SMILES string of the molecule is CCOc1ccc(F)c(N2CCC(Oc3ccc(N4C[C@H](C)C[C@@H]4CC(=O)O)cc3)C(C)C2C)c1. The number of anilines is 2. The first-order chi connectivity index (χ1) is 16.8. The lowest BCUT2D eigenvalue weighted by molar-refractivity contribution is -0.137. The van der Waals surface area contributed by atoms with Gasteiger partial charge in [-0.25, -0.2) is 4.39 Å². The highest BCUT2D eigenvalue weighted by molar-refractivity contribution is 5.69. The van der Waals surface area contributed by atoms with Gasteiger partial charge in [-0.2, -0.15) is 0 Å². The molecule has 3 unspecified atom stereocenters. The highest BCUT2D eigenvalue weighted by atomic mass is 19.1. The van der Waals surface area contributed by atoms with Gasteiger partial charge in [-0.15, -0.1) is 0 Å². The Balaban J connectivity index is 1.41. The quantitative estimate of drug-likeness (QED) is 0.527. The summed E-state index contributed by atoms with van der Waals surface area (Å²) in [6.07, 6.45) is 1.87. The number of carboxylic acids is 1. The molecule has 35 heavy (non-hydrogen) atoms. The van der Waals surface area contributed by atoms with E-state index in [4.69, 9.17) is 9.47 Å². The van der Waals surface area contributed by atoms with Crippen molar-refractivity contribution in [2.24, 2.45) is 11.8 Å². The minimum Gasteiger partial charge on any atom is -0.494 e. The van der Waals surface area contributed by atoms with Crippen LogP contribution in [0.5, 0.6) is 11.5 Å². The maximum Gasteiger partial charge on any atom is 0.305 e. The van der Waals surface area contributed by atoms with Crippen molar-refractivity contribution in [3.63, 3.8) is 0 Å². The highest BCUT2D eigenvalue weighted by Crippen LogP contribution is 2.36. The van der Waals surface area contributed by atoms with E-state index in [1.54, 1.807) is 12.1 Å². The van der Waals surface area contributed by atoms with Crippen LogP contribution in [-0.4, -0.2) is 49.0 Å². The molecule has 0 bridgehead atoms. The molecule has 6 nitrogen and oxygen atoms in total. The molecule has 190 valence electrons. The maximum absolute atomic E-state index is 14.7. The van der Waals surface area contributed by atoms with Gasteiger partial charge in [0.2, 0.25) is 0 Å². The van der Waals surface area contributed by atoms with E-state index in [9.17, 15) is 14.3 Å². The second-order valence-electron chi connectivity index (χ2n) is 10.0. The molecule has 2 saturated heterocycles. The Hall–Kier alpha value is -2.96. The van der Waals surface area contributed by atoms with E-state index in [0.717, 1.165) is 30.8 Å². The van der Waals surface area contributed by atoms with Crippen molar-refractivity contribution < 1.29 is 23.8 Å². The van der Waals surface area contributed by atoms with Gasteiger partial charge in [-0.1, -0.05) is 13.8 Å². The number of aliphatic carboxylic acids is 1. The molecule has 2 heterocycles. The molecule has 4 rings (SSSR count). The van der Waals surface area contributed by atoms with Crippen LogP contribution in [-0.2, 0) is 4.79 Å². The van der Waals surface area contributed by atoms with Crippen LogP contribution in [0.4, 0.5) is 15.8 Å². The Bertz CT molecular complexity index is 1010. The molecule has 0 saturated carbocycles. The van der Waals surface area contributed by atoms with Crippen molar-refractivity contribution in [1.29, 1.82) is 0 Å². The van der Waals surface area contributed by atoms with Crippen LogP contribution in [0.25, 0.3) is 0 Å². The number of carbonyl (C=O) groups is 1. The second kappa shape index (κ2) is 10.8. The third-order valence-corrected chi connectivity index (χ3v) is 7.52. The van der Waals surface area contributed by atoms with Crippen molar-refractivity contribution in [2.45, 2.75) is 65.1 Å². The topological polar surface area (TPSA) is 62.2 Å². The van der Waals surface area contributed by atoms with Gasteiger partial charge in [0.15, 0.2) is 0 Å². The summed E-state index contributed by atoms with van der Waals surface area (Å²) in [6.45, 7) is 10.5. The zero-order valence-corrected chi connectivity index (χ0v) is 21.1. The van der Waals surface area contributed by atoms with E-state index >= 15 is 0 Å². The van der Waals surface area contributed by atoms with Gasteiger partial charge < -0.3 is 24.4 Å². The first kappa shape index (κ1) is 25.1. The first-order valence-corrected chi connectivity index (χ1v) is 12.7. The summed E-state index contributed by atoms with van der Waals surface area (Å²) in [7, 11) is 0. The molecular formula is C28H37FN2O4. The molecule has 7 heteroatoms. The molecule has 0 aromatic heterocycles. The molecule has 0 aliphatic carbocycles. The van der Waals surface area contributed by atoms with Crippen LogP contribution in [0, 0.1) is 17.7 Å². The van der Waals surface area contributed by atoms with Gasteiger partial charge in [0, 0.05) is 49.3 Å².